The van der Waals surface area contributed by atoms with Crippen molar-refractivity contribution < 1.29 is 19.4 Å². The minimum atomic E-state index is -0.524. The van der Waals surface area contributed by atoms with Crippen LogP contribution in [0.2, 0.25) is 0 Å². The Labute approximate surface area is 191 Å². The zero-order valence-corrected chi connectivity index (χ0v) is 18.1. The van der Waals surface area contributed by atoms with Crippen LogP contribution >= 0.6 is 24.0 Å². The number of non-ortho nitro benzene ring substituents is 2. The average Bonchev–Trinajstić information content (AvgIpc) is 3.07. The first-order valence-electron chi connectivity index (χ1n) is 9.48. The van der Waals surface area contributed by atoms with Gasteiger partial charge in [0, 0.05) is 48.6 Å². The van der Waals surface area contributed by atoms with Crippen molar-refractivity contribution in [3.8, 4) is 0 Å². The standard InChI is InChI=1S/C20H16N4O6S2/c25-19-18(32-20(31)22(19)14-1-3-15(4-2-14)23(26)27)12-13-11-16(24(28)29)5-6-17(13)21-7-9-30-10-8-21/h1-6,11-12H,7-10H2. The molecule has 0 aromatic heterocycles. The van der Waals surface area contributed by atoms with Crippen molar-refractivity contribution in [1.82, 2.24) is 0 Å². The van der Waals surface area contributed by atoms with E-state index in [2.05, 4.69) is 4.90 Å². The smallest absolute Gasteiger partial charge is 0.270 e. The van der Waals surface area contributed by atoms with E-state index in [0.717, 1.165) is 17.4 Å². The second-order valence-electron chi connectivity index (χ2n) is 6.89. The molecule has 2 heterocycles. The molecule has 0 spiro atoms. The molecule has 0 atom stereocenters. The molecular formula is C20H16N4O6S2. The molecule has 164 valence electrons. The zero-order valence-electron chi connectivity index (χ0n) is 16.5. The molecule has 0 aliphatic carbocycles. The fourth-order valence-corrected chi connectivity index (χ4v) is 4.71. The Balaban J connectivity index is 1.69. The van der Waals surface area contributed by atoms with Gasteiger partial charge in [-0.25, -0.2) is 0 Å². The van der Waals surface area contributed by atoms with Gasteiger partial charge in [0.15, 0.2) is 4.32 Å². The van der Waals surface area contributed by atoms with Gasteiger partial charge in [-0.15, -0.1) is 0 Å². The van der Waals surface area contributed by atoms with Gasteiger partial charge in [-0.3, -0.25) is 29.9 Å². The van der Waals surface area contributed by atoms with Crippen LogP contribution in [-0.4, -0.2) is 46.4 Å². The quantitative estimate of drug-likeness (QED) is 0.277. The first kappa shape index (κ1) is 21.9. The molecule has 4 rings (SSSR count). The van der Waals surface area contributed by atoms with Gasteiger partial charge in [-0.2, -0.15) is 0 Å². The molecule has 2 aliphatic heterocycles. The molecule has 10 nitrogen and oxygen atoms in total. The van der Waals surface area contributed by atoms with E-state index in [0.29, 0.717) is 42.5 Å². The predicted molar refractivity (Wildman–Crippen MR) is 125 cm³/mol. The normalized spacial score (nSPS) is 17.8. The third-order valence-electron chi connectivity index (χ3n) is 4.97. The maximum absolute atomic E-state index is 13.1. The number of rotatable bonds is 5. The minimum absolute atomic E-state index is 0.0842. The molecule has 2 saturated heterocycles. The van der Waals surface area contributed by atoms with Crippen molar-refractivity contribution >= 4 is 63.0 Å². The number of carbonyl (C=O) groups is 1. The lowest BCUT2D eigenvalue weighted by Gasteiger charge is -2.30. The molecule has 1 amide bonds. The monoisotopic (exact) mass is 472 g/mol. The van der Waals surface area contributed by atoms with E-state index < -0.39 is 15.8 Å². The summed E-state index contributed by atoms with van der Waals surface area (Å²) >= 11 is 6.43. The summed E-state index contributed by atoms with van der Waals surface area (Å²) in [5.74, 6) is -0.395. The van der Waals surface area contributed by atoms with Crippen LogP contribution in [0.1, 0.15) is 5.56 Å². The van der Waals surface area contributed by atoms with Crippen molar-refractivity contribution in [3.63, 3.8) is 0 Å². The molecule has 12 heteroatoms. The highest BCUT2D eigenvalue weighted by Gasteiger charge is 2.34. The number of nitro groups is 2. The Hall–Kier alpha value is -3.35. The Bertz CT molecular complexity index is 1150. The van der Waals surface area contributed by atoms with Gasteiger partial charge in [0.05, 0.1) is 33.7 Å². The molecule has 0 bridgehead atoms. The number of nitrogens with zero attached hydrogens (tertiary/aromatic N) is 4. The van der Waals surface area contributed by atoms with Gasteiger partial charge in [-0.1, -0.05) is 24.0 Å². The Morgan fingerprint density at radius 1 is 1.00 bits per heavy atom. The van der Waals surface area contributed by atoms with Gasteiger partial charge in [-0.05, 0) is 24.3 Å². The molecule has 0 radical (unpaired) electrons. The zero-order chi connectivity index (χ0) is 22.8. The van der Waals surface area contributed by atoms with E-state index in [9.17, 15) is 25.0 Å². The van der Waals surface area contributed by atoms with Crippen molar-refractivity contribution in [2.75, 3.05) is 36.1 Å². The summed E-state index contributed by atoms with van der Waals surface area (Å²) in [4.78, 5) is 37.9. The van der Waals surface area contributed by atoms with Gasteiger partial charge in [0.2, 0.25) is 0 Å². The Morgan fingerprint density at radius 2 is 1.62 bits per heavy atom. The van der Waals surface area contributed by atoms with Crippen LogP contribution in [0.25, 0.3) is 6.08 Å². The number of amides is 1. The topological polar surface area (TPSA) is 119 Å². The third-order valence-corrected chi connectivity index (χ3v) is 6.27. The lowest BCUT2D eigenvalue weighted by atomic mass is 10.1. The van der Waals surface area contributed by atoms with Gasteiger partial charge in [0.1, 0.15) is 0 Å². The van der Waals surface area contributed by atoms with E-state index in [-0.39, 0.29) is 15.7 Å². The van der Waals surface area contributed by atoms with Crippen molar-refractivity contribution in [1.29, 1.82) is 0 Å². The molecular weight excluding hydrogens is 456 g/mol. The summed E-state index contributed by atoms with van der Waals surface area (Å²) in [6, 6.07) is 10.1. The number of ether oxygens (including phenoxy) is 1. The molecule has 2 fully saturated rings. The van der Waals surface area contributed by atoms with Crippen molar-refractivity contribution in [2.45, 2.75) is 0 Å². The summed E-state index contributed by atoms with van der Waals surface area (Å²) in [5, 5.41) is 22.2. The highest BCUT2D eigenvalue weighted by molar-refractivity contribution is 8.27. The highest BCUT2D eigenvalue weighted by Crippen LogP contribution is 2.38. The summed E-state index contributed by atoms with van der Waals surface area (Å²) in [6.07, 6.45) is 1.60. The number of thiocarbonyl (C=S) groups is 1. The van der Waals surface area contributed by atoms with Crippen molar-refractivity contribution in [3.05, 3.63) is 73.2 Å². The number of carbonyl (C=O) groups excluding carboxylic acids is 1. The lowest BCUT2D eigenvalue weighted by molar-refractivity contribution is -0.385. The Morgan fingerprint density at radius 3 is 2.25 bits per heavy atom. The third kappa shape index (κ3) is 4.33. The SMILES string of the molecule is O=C1C(=Cc2cc([N+](=O)[O-])ccc2N2CCOCC2)SC(=S)N1c1ccc([N+](=O)[O-])cc1. The Kier molecular flexibility index (Phi) is 6.17. The number of morpholine rings is 1. The summed E-state index contributed by atoms with van der Waals surface area (Å²) < 4.78 is 5.66. The molecule has 2 aromatic rings. The minimum Gasteiger partial charge on any atom is -0.378 e. The van der Waals surface area contributed by atoms with Crippen LogP contribution in [0.5, 0.6) is 0 Å². The highest BCUT2D eigenvalue weighted by atomic mass is 32.2. The van der Waals surface area contributed by atoms with E-state index >= 15 is 0 Å². The van der Waals surface area contributed by atoms with Crippen LogP contribution in [0.15, 0.2) is 47.4 Å². The van der Waals surface area contributed by atoms with E-state index in [1.54, 1.807) is 12.1 Å². The summed E-state index contributed by atoms with van der Waals surface area (Å²) in [5.41, 5.74) is 1.53. The number of benzene rings is 2. The fraction of sp³-hybridized carbons (Fsp3) is 0.200. The molecule has 0 unspecified atom stereocenters. The van der Waals surface area contributed by atoms with E-state index in [4.69, 9.17) is 17.0 Å². The molecule has 0 saturated carbocycles. The average molecular weight is 473 g/mol. The first-order valence-corrected chi connectivity index (χ1v) is 10.7. The number of hydrogen-bond acceptors (Lipinski definition) is 9. The molecule has 2 aliphatic rings. The first-order chi connectivity index (χ1) is 15.3. The van der Waals surface area contributed by atoms with Crippen LogP contribution in [0, 0.1) is 20.2 Å². The molecule has 32 heavy (non-hydrogen) atoms. The summed E-state index contributed by atoms with van der Waals surface area (Å²) in [7, 11) is 0. The molecule has 0 N–H and O–H groups in total. The number of anilines is 2. The van der Waals surface area contributed by atoms with Crippen LogP contribution in [-0.2, 0) is 9.53 Å². The number of thioether (sulfide) groups is 1. The van der Waals surface area contributed by atoms with Crippen LogP contribution in [0.3, 0.4) is 0 Å². The van der Waals surface area contributed by atoms with E-state index in [1.807, 2.05) is 0 Å². The van der Waals surface area contributed by atoms with Crippen LogP contribution < -0.4 is 9.80 Å². The maximum Gasteiger partial charge on any atom is 0.270 e. The second-order valence-corrected chi connectivity index (χ2v) is 8.57. The second kappa shape index (κ2) is 9.02. The molecule has 2 aromatic carbocycles. The van der Waals surface area contributed by atoms with Gasteiger partial charge in [0.25, 0.3) is 17.3 Å². The maximum atomic E-state index is 13.1. The van der Waals surface area contributed by atoms with E-state index in [1.165, 1.54) is 41.3 Å². The van der Waals surface area contributed by atoms with Crippen molar-refractivity contribution in [2.24, 2.45) is 0 Å². The lowest BCUT2D eigenvalue weighted by Crippen LogP contribution is -2.36. The fourth-order valence-electron chi connectivity index (χ4n) is 3.42. The number of hydrogen-bond donors (Lipinski definition) is 0. The predicted octanol–water partition coefficient (Wildman–Crippen LogP) is 3.75. The number of nitro benzene ring substituents is 2. The van der Waals surface area contributed by atoms with Crippen LogP contribution in [0.4, 0.5) is 22.7 Å². The van der Waals surface area contributed by atoms with Gasteiger partial charge < -0.3 is 9.64 Å². The van der Waals surface area contributed by atoms with Gasteiger partial charge >= 0.3 is 0 Å². The summed E-state index contributed by atoms with van der Waals surface area (Å²) in [6.45, 7) is 2.34. The largest absolute Gasteiger partial charge is 0.378 e.